The first kappa shape index (κ1) is 15.8. The third-order valence-electron chi connectivity index (χ3n) is 4.28. The molecule has 0 radical (unpaired) electrons. The van der Waals surface area contributed by atoms with E-state index in [-0.39, 0.29) is 0 Å². The largest absolute Gasteiger partial charge is 0.225 e. The van der Waals surface area contributed by atoms with Gasteiger partial charge in [0.05, 0.1) is 5.39 Å². The molecule has 5 aromatic rings. The highest BCUT2D eigenvalue weighted by Crippen LogP contribution is 2.34. The molecule has 0 aliphatic heterocycles. The quantitative estimate of drug-likeness (QED) is 0.473. The Bertz CT molecular complexity index is 1220. The summed E-state index contributed by atoms with van der Waals surface area (Å²) >= 11 is 1.62. The maximum absolute atomic E-state index is 4.52. The highest BCUT2D eigenvalue weighted by Gasteiger charge is 2.14. The molecule has 0 unspecified atom stereocenters. The zero-order chi connectivity index (χ0) is 18.2. The van der Waals surface area contributed by atoms with Crippen molar-refractivity contribution in [2.75, 3.05) is 0 Å². The lowest BCUT2D eigenvalue weighted by atomic mass is 10.1. The SMILES string of the molecule is Cc1ccc(-c2nnn(-c3ncnc4sc(-c5ccccc5)cc34)n2)cc1. The second-order valence-corrected chi connectivity index (χ2v) is 7.19. The van der Waals surface area contributed by atoms with Crippen LogP contribution < -0.4 is 0 Å². The molecule has 0 amide bonds. The van der Waals surface area contributed by atoms with Crippen molar-refractivity contribution in [2.24, 2.45) is 0 Å². The van der Waals surface area contributed by atoms with E-state index in [2.05, 4.69) is 43.6 Å². The molecule has 0 atom stereocenters. The first-order chi connectivity index (χ1) is 13.3. The summed E-state index contributed by atoms with van der Waals surface area (Å²) in [5.74, 6) is 1.20. The predicted octanol–water partition coefficient (Wildman–Crippen LogP) is 4.31. The normalized spacial score (nSPS) is 11.1. The van der Waals surface area contributed by atoms with Gasteiger partial charge in [0, 0.05) is 10.4 Å². The lowest BCUT2D eigenvalue weighted by molar-refractivity contribution is 0.705. The average molecular weight is 370 g/mol. The molecule has 130 valence electrons. The van der Waals surface area contributed by atoms with E-state index in [0.29, 0.717) is 11.6 Å². The fourth-order valence-electron chi connectivity index (χ4n) is 2.87. The number of aromatic nitrogens is 6. The standard InChI is InChI=1S/C20H14N6S/c1-13-7-9-15(10-8-13)18-23-25-26(24-18)19-16-11-17(14-5-3-2-4-6-14)27-20(16)22-12-21-19/h2-12H,1H3. The van der Waals surface area contributed by atoms with E-state index in [1.54, 1.807) is 11.3 Å². The molecule has 7 heteroatoms. The fourth-order valence-corrected chi connectivity index (χ4v) is 3.87. The molecule has 5 rings (SSSR count). The van der Waals surface area contributed by atoms with Crippen LogP contribution in [0.3, 0.4) is 0 Å². The van der Waals surface area contributed by atoms with Crippen molar-refractivity contribution < 1.29 is 0 Å². The van der Waals surface area contributed by atoms with E-state index in [9.17, 15) is 0 Å². The number of nitrogens with zero attached hydrogens (tertiary/aromatic N) is 6. The van der Waals surface area contributed by atoms with Crippen molar-refractivity contribution in [3.63, 3.8) is 0 Å². The first-order valence-electron chi connectivity index (χ1n) is 8.45. The molecule has 0 N–H and O–H groups in total. The number of benzene rings is 2. The van der Waals surface area contributed by atoms with Crippen LogP contribution in [0.1, 0.15) is 5.56 Å². The molecule has 0 aliphatic carbocycles. The van der Waals surface area contributed by atoms with Crippen LogP contribution in [0.2, 0.25) is 0 Å². The number of rotatable bonds is 3. The van der Waals surface area contributed by atoms with E-state index in [1.165, 1.54) is 16.7 Å². The number of thiophene rings is 1. The number of tetrazole rings is 1. The maximum Gasteiger partial charge on any atom is 0.205 e. The van der Waals surface area contributed by atoms with Crippen LogP contribution in [0.25, 0.3) is 37.9 Å². The third kappa shape index (κ3) is 2.88. The number of aryl methyl sites for hydroxylation is 1. The Labute approximate surface area is 159 Å². The molecule has 0 fully saturated rings. The Kier molecular flexibility index (Phi) is 3.72. The van der Waals surface area contributed by atoms with Crippen molar-refractivity contribution in [1.29, 1.82) is 0 Å². The summed E-state index contributed by atoms with van der Waals surface area (Å²) in [6.07, 6.45) is 1.54. The number of fused-ring (bicyclic) bond motifs is 1. The van der Waals surface area contributed by atoms with Gasteiger partial charge in [0.2, 0.25) is 5.82 Å². The van der Waals surface area contributed by atoms with Crippen LogP contribution in [-0.4, -0.2) is 30.2 Å². The molecule has 0 saturated heterocycles. The van der Waals surface area contributed by atoms with Gasteiger partial charge in [-0.3, -0.25) is 0 Å². The molecule has 3 aromatic heterocycles. The van der Waals surface area contributed by atoms with Crippen molar-refractivity contribution >= 4 is 21.6 Å². The maximum atomic E-state index is 4.52. The second-order valence-electron chi connectivity index (χ2n) is 6.16. The van der Waals surface area contributed by atoms with Crippen LogP contribution in [0.15, 0.2) is 67.0 Å². The molecule has 2 aromatic carbocycles. The van der Waals surface area contributed by atoms with Gasteiger partial charge >= 0.3 is 0 Å². The van der Waals surface area contributed by atoms with Gasteiger partial charge in [-0.05, 0) is 23.8 Å². The van der Waals surface area contributed by atoms with Crippen LogP contribution in [0.4, 0.5) is 0 Å². The zero-order valence-electron chi connectivity index (χ0n) is 14.4. The van der Waals surface area contributed by atoms with Gasteiger partial charge in [-0.25, -0.2) is 9.97 Å². The minimum absolute atomic E-state index is 0.570. The smallest absolute Gasteiger partial charge is 0.205 e. The van der Waals surface area contributed by atoms with Crippen molar-refractivity contribution in [1.82, 2.24) is 30.2 Å². The molecule has 0 bridgehead atoms. The zero-order valence-corrected chi connectivity index (χ0v) is 15.3. The lowest BCUT2D eigenvalue weighted by Crippen LogP contribution is -2.02. The van der Waals surface area contributed by atoms with Gasteiger partial charge in [-0.1, -0.05) is 60.2 Å². The minimum atomic E-state index is 0.570. The lowest BCUT2D eigenvalue weighted by Gasteiger charge is -1.98. The van der Waals surface area contributed by atoms with Crippen LogP contribution >= 0.6 is 11.3 Å². The van der Waals surface area contributed by atoms with Gasteiger partial charge in [0.15, 0.2) is 5.82 Å². The summed E-state index contributed by atoms with van der Waals surface area (Å²) in [5.41, 5.74) is 3.26. The molecular weight excluding hydrogens is 356 g/mol. The fraction of sp³-hybridized carbons (Fsp3) is 0.0500. The van der Waals surface area contributed by atoms with E-state index in [1.807, 2.05) is 49.4 Å². The van der Waals surface area contributed by atoms with Crippen molar-refractivity contribution in [3.8, 4) is 27.6 Å². The molecule has 6 nitrogen and oxygen atoms in total. The average Bonchev–Trinajstić information content (AvgIpc) is 3.36. The monoisotopic (exact) mass is 370 g/mol. The summed E-state index contributed by atoms with van der Waals surface area (Å²) in [5, 5.41) is 13.8. The second kappa shape index (κ2) is 6.37. The molecule has 0 spiro atoms. The minimum Gasteiger partial charge on any atom is -0.225 e. The molecule has 3 heterocycles. The van der Waals surface area contributed by atoms with Crippen LogP contribution in [0, 0.1) is 6.92 Å². The number of hydrogen-bond acceptors (Lipinski definition) is 6. The van der Waals surface area contributed by atoms with Gasteiger partial charge in [0.25, 0.3) is 0 Å². The topological polar surface area (TPSA) is 69.4 Å². The van der Waals surface area contributed by atoms with Crippen LogP contribution in [-0.2, 0) is 0 Å². The summed E-state index contributed by atoms with van der Waals surface area (Å²) in [6, 6.07) is 20.4. The first-order valence-corrected chi connectivity index (χ1v) is 9.27. The Balaban J connectivity index is 1.59. The molecular formula is C20H14N6S. The number of hydrogen-bond donors (Lipinski definition) is 0. The van der Waals surface area contributed by atoms with Gasteiger partial charge in [0.1, 0.15) is 11.2 Å². The molecule has 27 heavy (non-hydrogen) atoms. The Morgan fingerprint density at radius 1 is 0.889 bits per heavy atom. The van der Waals surface area contributed by atoms with Gasteiger partial charge < -0.3 is 0 Å². The molecule has 0 aliphatic rings. The predicted molar refractivity (Wildman–Crippen MR) is 106 cm³/mol. The van der Waals surface area contributed by atoms with Gasteiger partial charge in [-0.2, -0.15) is 0 Å². The summed E-state index contributed by atoms with van der Waals surface area (Å²) < 4.78 is 0. The van der Waals surface area contributed by atoms with E-state index in [4.69, 9.17) is 0 Å². The van der Waals surface area contributed by atoms with Crippen molar-refractivity contribution in [2.45, 2.75) is 6.92 Å². The highest BCUT2D eigenvalue weighted by molar-refractivity contribution is 7.21. The Hall–Kier alpha value is -3.45. The van der Waals surface area contributed by atoms with E-state index < -0.39 is 0 Å². The van der Waals surface area contributed by atoms with Crippen LogP contribution in [0.5, 0.6) is 0 Å². The van der Waals surface area contributed by atoms with E-state index >= 15 is 0 Å². The highest BCUT2D eigenvalue weighted by atomic mass is 32.1. The van der Waals surface area contributed by atoms with Gasteiger partial charge in [-0.15, -0.1) is 26.3 Å². The third-order valence-corrected chi connectivity index (χ3v) is 5.37. The van der Waals surface area contributed by atoms with E-state index in [0.717, 1.165) is 26.2 Å². The Morgan fingerprint density at radius 3 is 2.52 bits per heavy atom. The summed E-state index contributed by atoms with van der Waals surface area (Å²) in [6.45, 7) is 2.05. The Morgan fingerprint density at radius 2 is 1.70 bits per heavy atom. The molecule has 0 saturated carbocycles. The van der Waals surface area contributed by atoms with Crippen molar-refractivity contribution in [3.05, 3.63) is 72.6 Å². The summed E-state index contributed by atoms with van der Waals surface area (Å²) in [7, 11) is 0. The summed E-state index contributed by atoms with van der Waals surface area (Å²) in [4.78, 5) is 12.3.